The van der Waals surface area contributed by atoms with Crippen molar-refractivity contribution >= 4 is 11.8 Å². The molecule has 0 heterocycles. The summed E-state index contributed by atoms with van der Waals surface area (Å²) in [5.41, 5.74) is 3.09. The lowest BCUT2D eigenvalue weighted by Gasteiger charge is -2.36. The Labute approximate surface area is 88.6 Å². The van der Waals surface area contributed by atoms with E-state index in [1.807, 2.05) is 6.07 Å². The molecule has 0 saturated heterocycles. The van der Waals surface area contributed by atoms with Gasteiger partial charge in [0.1, 0.15) is 11.0 Å². The molecule has 0 radical (unpaired) electrons. The predicted molar refractivity (Wildman–Crippen MR) is 53.3 cm³/mol. The summed E-state index contributed by atoms with van der Waals surface area (Å²) in [7, 11) is 0. The van der Waals surface area contributed by atoms with E-state index in [1.54, 1.807) is 0 Å². The molecule has 1 aliphatic carbocycles. The van der Waals surface area contributed by atoms with E-state index >= 15 is 0 Å². The van der Waals surface area contributed by atoms with Crippen molar-refractivity contribution in [2.75, 3.05) is 0 Å². The van der Waals surface area contributed by atoms with E-state index in [2.05, 4.69) is 5.32 Å². The zero-order valence-electron chi connectivity index (χ0n) is 8.96. The van der Waals surface area contributed by atoms with Crippen LogP contribution in [0.2, 0.25) is 0 Å². The SMILES string of the molecule is CC(C)(NC(=O)C1(C#N)CCC1)C(N)=O. The van der Waals surface area contributed by atoms with Crippen molar-refractivity contribution in [3.05, 3.63) is 0 Å². The monoisotopic (exact) mass is 209 g/mol. The van der Waals surface area contributed by atoms with E-state index in [0.29, 0.717) is 12.8 Å². The summed E-state index contributed by atoms with van der Waals surface area (Å²) in [6.07, 6.45) is 1.99. The quantitative estimate of drug-likeness (QED) is 0.687. The second kappa shape index (κ2) is 3.54. The van der Waals surface area contributed by atoms with E-state index in [1.165, 1.54) is 13.8 Å². The number of nitrogens with zero attached hydrogens (tertiary/aromatic N) is 1. The average molecular weight is 209 g/mol. The van der Waals surface area contributed by atoms with E-state index in [0.717, 1.165) is 6.42 Å². The number of primary amides is 1. The van der Waals surface area contributed by atoms with Gasteiger partial charge in [-0.25, -0.2) is 0 Å². The van der Waals surface area contributed by atoms with Gasteiger partial charge in [0.25, 0.3) is 0 Å². The number of carbonyl (C=O) groups is 2. The Morgan fingerprint density at radius 3 is 2.27 bits per heavy atom. The number of nitrogens with two attached hydrogens (primary N) is 1. The normalized spacial score (nSPS) is 18.5. The van der Waals surface area contributed by atoms with Crippen LogP contribution in [0, 0.1) is 16.7 Å². The molecule has 0 atom stereocenters. The van der Waals surface area contributed by atoms with E-state index in [4.69, 9.17) is 11.0 Å². The first-order valence-electron chi connectivity index (χ1n) is 4.88. The highest BCUT2D eigenvalue weighted by molar-refractivity contribution is 5.93. The average Bonchev–Trinajstić information content (AvgIpc) is 2.01. The van der Waals surface area contributed by atoms with Gasteiger partial charge in [0, 0.05) is 0 Å². The molecule has 15 heavy (non-hydrogen) atoms. The number of carbonyl (C=O) groups excluding carboxylic acids is 2. The predicted octanol–water partition coefficient (Wildman–Crippen LogP) is 0.0604. The molecule has 5 nitrogen and oxygen atoms in total. The first-order chi connectivity index (χ1) is 6.84. The molecule has 3 N–H and O–H groups in total. The van der Waals surface area contributed by atoms with Crippen LogP contribution in [0.4, 0.5) is 0 Å². The minimum atomic E-state index is -1.10. The summed E-state index contributed by atoms with van der Waals surface area (Å²) in [6, 6.07) is 2.01. The largest absolute Gasteiger partial charge is 0.368 e. The number of nitriles is 1. The number of nitrogens with one attached hydrogen (secondary N) is 1. The summed E-state index contributed by atoms with van der Waals surface area (Å²) >= 11 is 0. The van der Waals surface area contributed by atoms with Crippen LogP contribution in [0.3, 0.4) is 0 Å². The summed E-state index contributed by atoms with van der Waals surface area (Å²) in [5.74, 6) is -0.997. The fourth-order valence-electron chi connectivity index (χ4n) is 1.39. The Kier molecular flexibility index (Phi) is 2.71. The summed E-state index contributed by atoms with van der Waals surface area (Å²) in [5, 5.41) is 11.4. The van der Waals surface area contributed by atoms with Crippen LogP contribution in [0.25, 0.3) is 0 Å². The van der Waals surface area contributed by atoms with Crippen molar-refractivity contribution in [2.24, 2.45) is 11.1 Å². The maximum atomic E-state index is 11.8. The Morgan fingerprint density at radius 2 is 2.00 bits per heavy atom. The van der Waals surface area contributed by atoms with Gasteiger partial charge >= 0.3 is 0 Å². The fraction of sp³-hybridized carbons (Fsp3) is 0.700. The molecule has 1 rings (SSSR count). The lowest BCUT2D eigenvalue weighted by molar-refractivity contribution is -0.137. The smallest absolute Gasteiger partial charge is 0.242 e. The molecule has 0 aromatic heterocycles. The number of rotatable bonds is 3. The van der Waals surface area contributed by atoms with Gasteiger partial charge in [0.15, 0.2) is 0 Å². The highest BCUT2D eigenvalue weighted by Gasteiger charge is 2.46. The standard InChI is InChI=1S/C10H15N3O2/c1-9(2,7(12)14)13-8(15)10(6-11)4-3-5-10/h3-5H2,1-2H3,(H2,12,14)(H,13,15). The van der Waals surface area contributed by atoms with Gasteiger partial charge in [0.05, 0.1) is 6.07 Å². The molecule has 0 bridgehead atoms. The number of hydrogen-bond acceptors (Lipinski definition) is 3. The molecule has 0 unspecified atom stereocenters. The van der Waals surface area contributed by atoms with Crippen LogP contribution >= 0.6 is 0 Å². The molecule has 1 saturated carbocycles. The highest BCUT2D eigenvalue weighted by Crippen LogP contribution is 2.40. The lowest BCUT2D eigenvalue weighted by atomic mass is 9.69. The zero-order valence-corrected chi connectivity index (χ0v) is 8.96. The second-order valence-corrected chi connectivity index (χ2v) is 4.49. The van der Waals surface area contributed by atoms with Crippen LogP contribution in [-0.2, 0) is 9.59 Å². The molecule has 1 fully saturated rings. The van der Waals surface area contributed by atoms with Gasteiger partial charge in [-0.05, 0) is 33.1 Å². The molecule has 0 aliphatic heterocycles. The molecular formula is C10H15N3O2. The maximum absolute atomic E-state index is 11.8. The minimum absolute atomic E-state index is 0.389. The van der Waals surface area contributed by atoms with Crippen molar-refractivity contribution in [3.8, 4) is 6.07 Å². The van der Waals surface area contributed by atoms with Gasteiger partial charge in [-0.2, -0.15) is 5.26 Å². The Hall–Kier alpha value is -1.57. The van der Waals surface area contributed by atoms with Gasteiger partial charge in [0.2, 0.25) is 11.8 Å². The van der Waals surface area contributed by atoms with Crippen molar-refractivity contribution in [3.63, 3.8) is 0 Å². The molecule has 0 aromatic carbocycles. The molecule has 0 spiro atoms. The molecular weight excluding hydrogens is 194 g/mol. The highest BCUT2D eigenvalue weighted by atomic mass is 16.2. The molecule has 5 heteroatoms. The van der Waals surface area contributed by atoms with Crippen molar-refractivity contribution in [1.82, 2.24) is 5.32 Å². The molecule has 1 aliphatic rings. The maximum Gasteiger partial charge on any atom is 0.242 e. The van der Waals surface area contributed by atoms with Crippen molar-refractivity contribution in [2.45, 2.75) is 38.6 Å². The van der Waals surface area contributed by atoms with Crippen LogP contribution in [-0.4, -0.2) is 17.4 Å². The number of hydrogen-bond donors (Lipinski definition) is 2. The topological polar surface area (TPSA) is 96.0 Å². The number of amides is 2. The van der Waals surface area contributed by atoms with Gasteiger partial charge in [-0.3, -0.25) is 9.59 Å². The first kappa shape index (κ1) is 11.5. The van der Waals surface area contributed by atoms with E-state index < -0.39 is 16.9 Å². The molecule has 0 aromatic rings. The third-order valence-corrected chi connectivity index (χ3v) is 2.90. The summed E-state index contributed by atoms with van der Waals surface area (Å²) in [4.78, 5) is 22.8. The minimum Gasteiger partial charge on any atom is -0.368 e. The van der Waals surface area contributed by atoms with Gasteiger partial charge in [-0.1, -0.05) is 0 Å². The third kappa shape index (κ3) is 1.94. The zero-order chi connectivity index (χ0) is 11.7. The molecule has 2 amide bonds. The first-order valence-corrected chi connectivity index (χ1v) is 4.88. The molecule has 82 valence electrons. The van der Waals surface area contributed by atoms with E-state index in [-0.39, 0.29) is 5.91 Å². The van der Waals surface area contributed by atoms with Crippen molar-refractivity contribution < 1.29 is 9.59 Å². The van der Waals surface area contributed by atoms with Gasteiger partial charge < -0.3 is 11.1 Å². The Balaban J connectivity index is 2.72. The fourth-order valence-corrected chi connectivity index (χ4v) is 1.39. The van der Waals surface area contributed by atoms with Crippen LogP contribution in [0.5, 0.6) is 0 Å². The van der Waals surface area contributed by atoms with E-state index in [9.17, 15) is 9.59 Å². The van der Waals surface area contributed by atoms with Gasteiger partial charge in [-0.15, -0.1) is 0 Å². The second-order valence-electron chi connectivity index (χ2n) is 4.49. The van der Waals surface area contributed by atoms with Crippen LogP contribution < -0.4 is 11.1 Å². The third-order valence-electron chi connectivity index (χ3n) is 2.90. The Bertz CT molecular complexity index is 337. The summed E-state index contributed by atoms with van der Waals surface area (Å²) < 4.78 is 0. The van der Waals surface area contributed by atoms with Crippen LogP contribution in [0.15, 0.2) is 0 Å². The summed E-state index contributed by atoms with van der Waals surface area (Å²) in [6.45, 7) is 3.05. The lowest BCUT2D eigenvalue weighted by Crippen LogP contribution is -2.58. The van der Waals surface area contributed by atoms with Crippen molar-refractivity contribution in [1.29, 1.82) is 5.26 Å². The van der Waals surface area contributed by atoms with Crippen LogP contribution in [0.1, 0.15) is 33.1 Å². The Morgan fingerprint density at radius 1 is 1.47 bits per heavy atom.